The summed E-state index contributed by atoms with van der Waals surface area (Å²) in [7, 11) is 0. The van der Waals surface area contributed by atoms with Crippen molar-refractivity contribution in [2.45, 2.75) is 19.4 Å². The molecule has 0 unspecified atom stereocenters. The fraction of sp³-hybridized carbons (Fsp3) is 0.308. The lowest BCUT2D eigenvalue weighted by Gasteiger charge is -2.09. The maximum Gasteiger partial charge on any atom is 0.166 e. The van der Waals surface area contributed by atoms with E-state index in [0.717, 1.165) is 17.9 Å². The molecule has 0 fully saturated rings. The third-order valence-electron chi connectivity index (χ3n) is 2.06. The fourth-order valence-electron chi connectivity index (χ4n) is 1.36. The Labute approximate surface area is 96.1 Å². The van der Waals surface area contributed by atoms with Crippen LogP contribution >= 0.6 is 0 Å². The Bertz CT molecular complexity index is 357. The Morgan fingerprint density at radius 3 is 2.62 bits per heavy atom. The molecule has 0 N–H and O–H groups in total. The summed E-state index contributed by atoms with van der Waals surface area (Å²) >= 11 is 0. The summed E-state index contributed by atoms with van der Waals surface area (Å²) in [5.41, 5.74) is 1.03. The molecule has 0 bridgehead atoms. The smallest absolute Gasteiger partial charge is 0.166 e. The van der Waals surface area contributed by atoms with Gasteiger partial charge in [0.25, 0.3) is 0 Å². The summed E-state index contributed by atoms with van der Waals surface area (Å²) in [6, 6.07) is 9.73. The molecule has 0 spiro atoms. The van der Waals surface area contributed by atoms with E-state index in [1.165, 1.54) is 0 Å². The summed E-state index contributed by atoms with van der Waals surface area (Å²) in [5, 5.41) is 3.87. The number of oxime groups is 1. The van der Waals surface area contributed by atoms with Crippen LogP contribution in [0.25, 0.3) is 0 Å². The molecule has 0 aromatic heterocycles. The van der Waals surface area contributed by atoms with Crippen LogP contribution in [0.15, 0.2) is 35.5 Å². The van der Waals surface area contributed by atoms with Gasteiger partial charge in [-0.1, -0.05) is 23.4 Å². The van der Waals surface area contributed by atoms with Gasteiger partial charge in [-0.2, -0.15) is 0 Å². The minimum Gasteiger partial charge on any atom is -0.490 e. The van der Waals surface area contributed by atoms with Crippen molar-refractivity contribution in [2.75, 3.05) is 6.61 Å². The van der Waals surface area contributed by atoms with Crippen molar-refractivity contribution >= 4 is 5.71 Å². The molecule has 0 amide bonds. The van der Waals surface area contributed by atoms with Crippen molar-refractivity contribution in [1.82, 2.24) is 0 Å². The zero-order valence-corrected chi connectivity index (χ0v) is 9.30. The second-order valence-corrected chi connectivity index (χ2v) is 3.38. The summed E-state index contributed by atoms with van der Waals surface area (Å²) < 4.78 is 5.54. The molecule has 1 aromatic rings. The maximum absolute atomic E-state index is 5.54. The summed E-state index contributed by atoms with van der Waals surface area (Å²) in [5.74, 6) is 0.876. The first-order valence-electron chi connectivity index (χ1n) is 5.05. The molecule has 3 nitrogen and oxygen atoms in total. The summed E-state index contributed by atoms with van der Waals surface area (Å²) in [6.07, 6.45) is 8.95. The monoisotopic (exact) mass is 217 g/mol. The molecule has 0 saturated carbocycles. The van der Waals surface area contributed by atoms with Gasteiger partial charge in [0.1, 0.15) is 12.4 Å². The van der Waals surface area contributed by atoms with E-state index in [1.54, 1.807) is 0 Å². The van der Waals surface area contributed by atoms with E-state index in [9.17, 15) is 0 Å². The van der Waals surface area contributed by atoms with Gasteiger partial charge in [0, 0.05) is 6.42 Å². The quantitative estimate of drug-likeness (QED) is 0.728. The van der Waals surface area contributed by atoms with Gasteiger partial charge in [-0.05, 0) is 19.1 Å². The molecule has 1 aliphatic heterocycles. The average molecular weight is 217 g/mol. The molecular weight excluding hydrogens is 202 g/mol. The maximum atomic E-state index is 5.54. The lowest BCUT2D eigenvalue weighted by Crippen LogP contribution is -2.17. The number of benzene rings is 1. The number of rotatable bonds is 3. The van der Waals surface area contributed by atoms with Crippen LogP contribution in [0.5, 0.6) is 5.75 Å². The molecule has 0 radical (unpaired) electrons. The lowest BCUT2D eigenvalue weighted by molar-refractivity contribution is 0.0471. The molecule has 1 atom stereocenters. The van der Waals surface area contributed by atoms with Crippen molar-refractivity contribution in [3.8, 4) is 18.6 Å². The van der Waals surface area contributed by atoms with E-state index in [4.69, 9.17) is 9.57 Å². The van der Waals surface area contributed by atoms with Crippen LogP contribution in [0.3, 0.4) is 0 Å². The number of ether oxygens (including phenoxy) is 1. The molecule has 1 aliphatic rings. The van der Waals surface area contributed by atoms with Crippen molar-refractivity contribution in [2.24, 2.45) is 5.16 Å². The zero-order chi connectivity index (χ0) is 11.8. The SMILES string of the molecule is C#C.CC1=NO[C@H](COc2ccccc2)C1. The van der Waals surface area contributed by atoms with Gasteiger partial charge >= 0.3 is 0 Å². The zero-order valence-electron chi connectivity index (χ0n) is 9.30. The van der Waals surface area contributed by atoms with Crippen LogP contribution in [0.1, 0.15) is 13.3 Å². The van der Waals surface area contributed by atoms with E-state index in [1.807, 2.05) is 37.3 Å². The van der Waals surface area contributed by atoms with Gasteiger partial charge < -0.3 is 9.57 Å². The number of hydrogen-bond donors (Lipinski definition) is 0. The van der Waals surface area contributed by atoms with E-state index in [2.05, 4.69) is 18.0 Å². The highest BCUT2D eigenvalue weighted by atomic mass is 16.7. The van der Waals surface area contributed by atoms with E-state index in [-0.39, 0.29) is 6.10 Å². The predicted octanol–water partition coefficient (Wildman–Crippen LogP) is 2.48. The van der Waals surface area contributed by atoms with Crippen molar-refractivity contribution in [1.29, 1.82) is 0 Å². The molecule has 3 heteroatoms. The summed E-state index contributed by atoms with van der Waals surface area (Å²) in [6.45, 7) is 2.52. The molecule has 1 aromatic carbocycles. The Morgan fingerprint density at radius 1 is 1.38 bits per heavy atom. The normalized spacial score (nSPS) is 17.7. The molecule has 1 heterocycles. The highest BCUT2D eigenvalue weighted by Crippen LogP contribution is 2.13. The van der Waals surface area contributed by atoms with E-state index >= 15 is 0 Å². The minimum atomic E-state index is 0.0789. The lowest BCUT2D eigenvalue weighted by atomic mass is 10.2. The molecule has 84 valence electrons. The first-order chi connectivity index (χ1) is 7.84. The largest absolute Gasteiger partial charge is 0.490 e. The highest BCUT2D eigenvalue weighted by Gasteiger charge is 2.18. The van der Waals surface area contributed by atoms with Crippen LogP contribution in [-0.2, 0) is 4.84 Å². The minimum absolute atomic E-state index is 0.0789. The standard InChI is InChI=1S/C11H13NO2.C2H2/c1-9-7-11(14-12-9)8-13-10-5-3-2-4-6-10;1-2/h2-6,11H,7-8H2,1H3;1-2H/t11-;/m0./s1. The number of hydrogen-bond acceptors (Lipinski definition) is 3. The van der Waals surface area contributed by atoms with Crippen LogP contribution in [0.4, 0.5) is 0 Å². The van der Waals surface area contributed by atoms with Gasteiger partial charge in [-0.3, -0.25) is 0 Å². The molecule has 2 rings (SSSR count). The van der Waals surface area contributed by atoms with Crippen LogP contribution < -0.4 is 4.74 Å². The van der Waals surface area contributed by atoms with Crippen LogP contribution in [-0.4, -0.2) is 18.4 Å². The third kappa shape index (κ3) is 3.66. The molecule has 16 heavy (non-hydrogen) atoms. The second kappa shape index (κ2) is 6.52. The van der Waals surface area contributed by atoms with Gasteiger partial charge in [0.2, 0.25) is 0 Å². The van der Waals surface area contributed by atoms with Crippen molar-refractivity contribution in [3.63, 3.8) is 0 Å². The summed E-state index contributed by atoms with van der Waals surface area (Å²) in [4.78, 5) is 5.15. The van der Waals surface area contributed by atoms with E-state index < -0.39 is 0 Å². The second-order valence-electron chi connectivity index (χ2n) is 3.38. The number of nitrogens with zero attached hydrogens (tertiary/aromatic N) is 1. The van der Waals surface area contributed by atoms with Crippen molar-refractivity contribution in [3.05, 3.63) is 30.3 Å². The molecule has 0 aliphatic carbocycles. The first-order valence-corrected chi connectivity index (χ1v) is 5.05. The third-order valence-corrected chi connectivity index (χ3v) is 2.06. The highest BCUT2D eigenvalue weighted by molar-refractivity contribution is 5.82. The predicted molar refractivity (Wildman–Crippen MR) is 64.4 cm³/mol. The van der Waals surface area contributed by atoms with Gasteiger partial charge in [0.05, 0.1) is 5.71 Å². The average Bonchev–Trinajstić information content (AvgIpc) is 2.77. The van der Waals surface area contributed by atoms with Crippen molar-refractivity contribution < 1.29 is 9.57 Å². The number of terminal acetylenes is 1. The Kier molecular flexibility index (Phi) is 4.94. The topological polar surface area (TPSA) is 30.8 Å². The van der Waals surface area contributed by atoms with Crippen LogP contribution in [0.2, 0.25) is 0 Å². The van der Waals surface area contributed by atoms with Gasteiger partial charge in [0.15, 0.2) is 6.10 Å². The molecule has 0 saturated heterocycles. The van der Waals surface area contributed by atoms with Crippen LogP contribution in [0, 0.1) is 12.8 Å². The molecular formula is C13H15NO2. The van der Waals surface area contributed by atoms with Gasteiger partial charge in [-0.25, -0.2) is 0 Å². The number of para-hydroxylation sites is 1. The van der Waals surface area contributed by atoms with Gasteiger partial charge in [-0.15, -0.1) is 12.8 Å². The Morgan fingerprint density at radius 2 is 2.06 bits per heavy atom. The fourth-order valence-corrected chi connectivity index (χ4v) is 1.36. The first kappa shape index (κ1) is 12.1. The Balaban J connectivity index is 0.000000606. The van der Waals surface area contributed by atoms with E-state index in [0.29, 0.717) is 6.61 Å². The Hall–Kier alpha value is -1.95.